The molecule has 0 saturated carbocycles. The van der Waals surface area contributed by atoms with E-state index in [1.54, 1.807) is 6.33 Å². The van der Waals surface area contributed by atoms with Crippen molar-refractivity contribution in [2.24, 2.45) is 0 Å². The van der Waals surface area contributed by atoms with Crippen LogP contribution in [0.1, 0.15) is 11.3 Å². The van der Waals surface area contributed by atoms with Crippen LogP contribution in [-0.4, -0.2) is 22.6 Å². The summed E-state index contributed by atoms with van der Waals surface area (Å²) in [6.45, 7) is 5.11. The molecule has 0 aliphatic carbocycles. The van der Waals surface area contributed by atoms with E-state index in [9.17, 15) is 0 Å². The van der Waals surface area contributed by atoms with Crippen LogP contribution in [0.15, 0.2) is 91.9 Å². The van der Waals surface area contributed by atoms with Crippen LogP contribution in [-0.2, 0) is 0 Å². The lowest BCUT2D eigenvalue weighted by molar-refractivity contribution is 0.217. The van der Waals surface area contributed by atoms with E-state index < -0.39 is 0 Å². The maximum absolute atomic E-state index is 6.10. The molecule has 0 N–H and O–H groups in total. The minimum atomic E-state index is 0.448. The molecule has 0 bridgehead atoms. The topological polar surface area (TPSA) is 45.0 Å². The molecule has 148 valence electrons. The fourth-order valence-electron chi connectivity index (χ4n) is 3.36. The van der Waals surface area contributed by atoms with Crippen LogP contribution in [0.3, 0.4) is 0 Å². The van der Waals surface area contributed by atoms with Gasteiger partial charge >= 0.3 is 0 Å². The summed E-state index contributed by atoms with van der Waals surface area (Å²) in [4.78, 5) is 4.49. The standard InChI is InChI=1S/C25H20N2O3/c1-18-14-25(23-15-19-6-5-11-27(19)17-26-23)30-24-10-9-21(16-22(18)24)29-13-12-28-20-7-3-2-4-8-20/h2-11,14-17H,1,12-13H2. The van der Waals surface area contributed by atoms with Crippen LogP contribution in [0.5, 0.6) is 17.2 Å². The quantitative estimate of drug-likeness (QED) is 0.418. The molecule has 0 unspecified atom stereocenters. The van der Waals surface area contributed by atoms with E-state index in [0.717, 1.165) is 39.6 Å². The molecule has 2 aromatic carbocycles. The molecule has 1 aliphatic heterocycles. The Hall–Kier alpha value is -3.99. The molecule has 3 heterocycles. The molecule has 5 nitrogen and oxygen atoms in total. The molecule has 1 aliphatic rings. The first-order chi connectivity index (χ1) is 14.8. The maximum Gasteiger partial charge on any atom is 0.153 e. The number of benzene rings is 2. The predicted molar refractivity (Wildman–Crippen MR) is 117 cm³/mol. The number of fused-ring (bicyclic) bond motifs is 2. The largest absolute Gasteiger partial charge is 0.490 e. The predicted octanol–water partition coefficient (Wildman–Crippen LogP) is 5.24. The molecule has 0 amide bonds. The molecular formula is C25H20N2O3. The van der Waals surface area contributed by atoms with E-state index in [0.29, 0.717) is 19.0 Å². The highest BCUT2D eigenvalue weighted by Gasteiger charge is 2.19. The molecule has 2 aromatic heterocycles. The lowest BCUT2D eigenvalue weighted by Crippen LogP contribution is -2.10. The van der Waals surface area contributed by atoms with Gasteiger partial charge in [0.25, 0.3) is 0 Å². The Morgan fingerprint density at radius 2 is 1.73 bits per heavy atom. The van der Waals surface area contributed by atoms with Crippen molar-refractivity contribution < 1.29 is 14.2 Å². The number of aromatic nitrogens is 2. The lowest BCUT2D eigenvalue weighted by atomic mass is 10.0. The molecule has 4 aromatic rings. The van der Waals surface area contributed by atoms with E-state index in [2.05, 4.69) is 11.6 Å². The highest BCUT2D eigenvalue weighted by Crippen LogP contribution is 2.37. The highest BCUT2D eigenvalue weighted by molar-refractivity contribution is 5.87. The van der Waals surface area contributed by atoms with Crippen LogP contribution in [0, 0.1) is 0 Å². The summed E-state index contributed by atoms with van der Waals surface area (Å²) in [5.41, 5.74) is 3.59. The Kier molecular flexibility index (Phi) is 4.69. The van der Waals surface area contributed by atoms with Gasteiger partial charge in [0.1, 0.15) is 36.2 Å². The summed E-state index contributed by atoms with van der Waals surface area (Å²) in [6.07, 6.45) is 5.65. The molecular weight excluding hydrogens is 376 g/mol. The minimum absolute atomic E-state index is 0.448. The molecule has 5 heteroatoms. The van der Waals surface area contributed by atoms with Crippen molar-refractivity contribution in [2.75, 3.05) is 13.2 Å². The number of hydrogen-bond acceptors (Lipinski definition) is 4. The third-order valence-corrected chi connectivity index (χ3v) is 4.86. The summed E-state index contributed by atoms with van der Waals surface area (Å²) in [5.74, 6) is 3.00. The van der Waals surface area contributed by atoms with Gasteiger partial charge in [-0.15, -0.1) is 0 Å². The molecule has 0 saturated heterocycles. The van der Waals surface area contributed by atoms with Gasteiger partial charge in [-0.3, -0.25) is 0 Å². The average molecular weight is 396 g/mol. The fraction of sp³-hybridized carbons (Fsp3) is 0.0800. The van der Waals surface area contributed by atoms with Gasteiger partial charge < -0.3 is 18.6 Å². The summed E-state index contributed by atoms with van der Waals surface area (Å²) >= 11 is 0. The first-order valence-corrected chi connectivity index (χ1v) is 9.73. The maximum atomic E-state index is 6.10. The Labute approximate surface area is 174 Å². The molecule has 0 spiro atoms. The molecule has 30 heavy (non-hydrogen) atoms. The number of ether oxygens (including phenoxy) is 3. The van der Waals surface area contributed by atoms with Crippen LogP contribution in [0.2, 0.25) is 0 Å². The van der Waals surface area contributed by atoms with Crippen molar-refractivity contribution in [3.05, 3.63) is 103 Å². The first kappa shape index (κ1) is 18.1. The Bertz CT molecular complexity index is 1240. The van der Waals surface area contributed by atoms with Gasteiger partial charge in [0.2, 0.25) is 0 Å². The van der Waals surface area contributed by atoms with E-state index in [1.165, 1.54) is 0 Å². The average Bonchev–Trinajstić information content (AvgIpc) is 3.25. The number of rotatable bonds is 6. The number of hydrogen-bond donors (Lipinski definition) is 0. The smallest absolute Gasteiger partial charge is 0.153 e. The van der Waals surface area contributed by atoms with Gasteiger partial charge in [-0.05, 0) is 60.2 Å². The second-order valence-electron chi connectivity index (χ2n) is 6.92. The van der Waals surface area contributed by atoms with Gasteiger partial charge in [0.05, 0.1) is 6.33 Å². The van der Waals surface area contributed by atoms with Crippen LogP contribution in [0.4, 0.5) is 0 Å². The van der Waals surface area contributed by atoms with E-state index in [1.807, 2.05) is 83.4 Å². The zero-order valence-corrected chi connectivity index (χ0v) is 16.3. The Morgan fingerprint density at radius 3 is 2.60 bits per heavy atom. The van der Waals surface area contributed by atoms with Gasteiger partial charge in [0.15, 0.2) is 5.76 Å². The SMILES string of the molecule is C=C1C=C(c2cc3cccn3cn2)Oc2ccc(OCCOc3ccccc3)cc21. The second-order valence-corrected chi connectivity index (χ2v) is 6.92. The van der Waals surface area contributed by atoms with Crippen LogP contribution >= 0.6 is 0 Å². The number of para-hydroxylation sites is 1. The molecule has 0 radical (unpaired) electrons. The monoisotopic (exact) mass is 396 g/mol. The normalized spacial score (nSPS) is 12.8. The van der Waals surface area contributed by atoms with Gasteiger partial charge in [-0.2, -0.15) is 0 Å². The third kappa shape index (κ3) is 3.65. The van der Waals surface area contributed by atoms with Crippen molar-refractivity contribution >= 4 is 16.8 Å². The third-order valence-electron chi connectivity index (χ3n) is 4.86. The van der Waals surface area contributed by atoms with Crippen molar-refractivity contribution in [1.82, 2.24) is 9.38 Å². The summed E-state index contributed by atoms with van der Waals surface area (Å²) < 4.78 is 19.6. The van der Waals surface area contributed by atoms with E-state index in [4.69, 9.17) is 14.2 Å². The number of allylic oxidation sites excluding steroid dienone is 2. The zero-order valence-electron chi connectivity index (χ0n) is 16.3. The van der Waals surface area contributed by atoms with Crippen molar-refractivity contribution in [2.45, 2.75) is 0 Å². The van der Waals surface area contributed by atoms with E-state index >= 15 is 0 Å². The summed E-state index contributed by atoms with van der Waals surface area (Å²) in [5, 5.41) is 0. The van der Waals surface area contributed by atoms with Crippen molar-refractivity contribution in [3.8, 4) is 17.2 Å². The molecule has 0 atom stereocenters. The summed E-state index contributed by atoms with van der Waals surface area (Å²) in [7, 11) is 0. The molecule has 0 fully saturated rings. The van der Waals surface area contributed by atoms with Crippen LogP contribution in [0.25, 0.3) is 16.8 Å². The number of nitrogens with zero attached hydrogens (tertiary/aromatic N) is 2. The Balaban J connectivity index is 1.27. The molecule has 5 rings (SSSR count). The lowest BCUT2D eigenvalue weighted by Gasteiger charge is -2.20. The first-order valence-electron chi connectivity index (χ1n) is 9.73. The minimum Gasteiger partial charge on any atom is -0.490 e. The van der Waals surface area contributed by atoms with Crippen molar-refractivity contribution in [3.63, 3.8) is 0 Å². The van der Waals surface area contributed by atoms with Crippen molar-refractivity contribution in [1.29, 1.82) is 0 Å². The van der Waals surface area contributed by atoms with Gasteiger partial charge in [-0.25, -0.2) is 4.98 Å². The second kappa shape index (κ2) is 7.79. The highest BCUT2D eigenvalue weighted by atomic mass is 16.5. The zero-order chi connectivity index (χ0) is 20.3. The van der Waals surface area contributed by atoms with Gasteiger partial charge in [-0.1, -0.05) is 24.8 Å². The fourth-order valence-corrected chi connectivity index (χ4v) is 3.36. The van der Waals surface area contributed by atoms with Gasteiger partial charge in [0, 0.05) is 17.3 Å². The van der Waals surface area contributed by atoms with E-state index in [-0.39, 0.29) is 0 Å². The summed E-state index contributed by atoms with van der Waals surface area (Å²) in [6, 6.07) is 21.4. The Morgan fingerprint density at radius 1 is 0.900 bits per heavy atom. The van der Waals surface area contributed by atoms with Crippen LogP contribution < -0.4 is 14.2 Å².